The molecule has 0 aliphatic heterocycles. The Morgan fingerprint density at radius 3 is 2.20 bits per heavy atom. The van der Waals surface area contributed by atoms with Crippen LogP contribution in [-0.4, -0.2) is 13.3 Å². The summed E-state index contributed by atoms with van der Waals surface area (Å²) in [7, 11) is 1.44. The number of hydrogen-bond acceptors (Lipinski definition) is 3. The second kappa shape index (κ2) is 6.71. The van der Waals surface area contributed by atoms with E-state index < -0.39 is 0 Å². The van der Waals surface area contributed by atoms with E-state index in [1.165, 1.54) is 7.11 Å². The van der Waals surface area contributed by atoms with Crippen LogP contribution in [-0.2, 0) is 9.59 Å². The Kier molecular flexibility index (Phi) is 6.40. The molecule has 3 nitrogen and oxygen atoms in total. The molecule has 82 valence electrons. The molecule has 1 rings (SSSR count). The molecule has 0 aliphatic rings. The summed E-state index contributed by atoms with van der Waals surface area (Å²) in [6, 6.07) is 1.76. The van der Waals surface area contributed by atoms with Gasteiger partial charge >= 0.3 is 6.15 Å². The van der Waals surface area contributed by atoms with Crippen LogP contribution in [0.5, 0.6) is 5.75 Å². The highest BCUT2D eigenvalue weighted by atomic mass is 79.9. The minimum Gasteiger partial charge on any atom is -0.492 e. The lowest BCUT2D eigenvalue weighted by Crippen LogP contribution is -1.93. The molecule has 0 saturated carbocycles. The molecule has 0 saturated heterocycles. The summed E-state index contributed by atoms with van der Waals surface area (Å²) in [6.07, 6.45) is 0.250. The first-order valence-electron chi connectivity index (χ1n) is 3.66. The molecular formula is C9H7Br2FO3. The third-order valence-electron chi connectivity index (χ3n) is 1.56. The first-order chi connectivity index (χ1) is 6.99. The summed E-state index contributed by atoms with van der Waals surface area (Å²) in [5.41, 5.74) is 0.551. The SMILES string of the molecule is COc1c(Br)cc(Br)c(C)c1F.O=C=O. The average Bonchev–Trinajstić information content (AvgIpc) is 2.16. The van der Waals surface area contributed by atoms with Crippen LogP contribution in [0.3, 0.4) is 0 Å². The Labute approximate surface area is 103 Å². The maximum atomic E-state index is 13.3. The number of ether oxygens (including phenoxy) is 1. The lowest BCUT2D eigenvalue weighted by molar-refractivity contribution is -0.191. The molecule has 0 aromatic heterocycles. The van der Waals surface area contributed by atoms with Gasteiger partial charge in [0.05, 0.1) is 11.6 Å². The fourth-order valence-corrected chi connectivity index (χ4v) is 2.13. The minimum atomic E-state index is -0.334. The number of rotatable bonds is 1. The van der Waals surface area contributed by atoms with Crippen LogP contribution < -0.4 is 4.74 Å². The first kappa shape index (κ1) is 14.3. The van der Waals surface area contributed by atoms with Gasteiger partial charge in [0, 0.05) is 10.0 Å². The van der Waals surface area contributed by atoms with E-state index in [9.17, 15) is 4.39 Å². The molecule has 15 heavy (non-hydrogen) atoms. The van der Waals surface area contributed by atoms with Crippen LogP contribution in [0.4, 0.5) is 4.39 Å². The average molecular weight is 342 g/mol. The highest BCUT2D eigenvalue weighted by Crippen LogP contribution is 2.34. The van der Waals surface area contributed by atoms with Crippen LogP contribution >= 0.6 is 31.9 Å². The summed E-state index contributed by atoms with van der Waals surface area (Å²) < 4.78 is 19.5. The zero-order valence-corrected chi connectivity index (χ0v) is 11.1. The standard InChI is InChI=1S/C8H7Br2FO.CO2/c1-4-5(9)3-6(10)8(12-2)7(4)11;2-1-3/h3H,1-2H3;. The van der Waals surface area contributed by atoms with Gasteiger partial charge in [-0.2, -0.15) is 9.59 Å². The van der Waals surface area contributed by atoms with E-state index in [4.69, 9.17) is 14.3 Å². The van der Waals surface area contributed by atoms with Gasteiger partial charge in [0.1, 0.15) is 0 Å². The summed E-state index contributed by atoms with van der Waals surface area (Å²) in [6.45, 7) is 1.69. The summed E-state index contributed by atoms with van der Waals surface area (Å²) >= 11 is 6.43. The van der Waals surface area contributed by atoms with Gasteiger partial charge in [0.25, 0.3) is 0 Å². The van der Waals surface area contributed by atoms with E-state index in [0.717, 1.165) is 4.47 Å². The fourth-order valence-electron chi connectivity index (χ4n) is 0.852. The van der Waals surface area contributed by atoms with Gasteiger partial charge in [0.15, 0.2) is 11.6 Å². The van der Waals surface area contributed by atoms with Crippen molar-refractivity contribution < 1.29 is 18.7 Å². The van der Waals surface area contributed by atoms with Crippen molar-refractivity contribution in [3.8, 4) is 5.75 Å². The smallest absolute Gasteiger partial charge is 0.373 e. The monoisotopic (exact) mass is 340 g/mol. The molecule has 0 N–H and O–H groups in total. The lowest BCUT2D eigenvalue weighted by atomic mass is 10.2. The van der Waals surface area contributed by atoms with Crippen molar-refractivity contribution in [3.05, 3.63) is 26.4 Å². The molecule has 0 fully saturated rings. The van der Waals surface area contributed by atoms with Crippen LogP contribution in [0.2, 0.25) is 0 Å². The molecule has 0 radical (unpaired) electrons. The van der Waals surface area contributed by atoms with Gasteiger partial charge in [-0.15, -0.1) is 0 Å². The highest BCUT2D eigenvalue weighted by Gasteiger charge is 2.12. The number of benzene rings is 1. The van der Waals surface area contributed by atoms with Gasteiger partial charge in [-0.05, 0) is 28.9 Å². The van der Waals surface area contributed by atoms with Crippen molar-refractivity contribution in [1.29, 1.82) is 0 Å². The van der Waals surface area contributed by atoms with Crippen molar-refractivity contribution >= 4 is 38.0 Å². The highest BCUT2D eigenvalue weighted by molar-refractivity contribution is 9.11. The van der Waals surface area contributed by atoms with Crippen molar-refractivity contribution in [2.75, 3.05) is 7.11 Å². The largest absolute Gasteiger partial charge is 0.492 e. The number of carbonyl (C=O) groups excluding carboxylic acids is 2. The van der Waals surface area contributed by atoms with E-state index in [2.05, 4.69) is 31.9 Å². The molecule has 1 aromatic carbocycles. The Morgan fingerprint density at radius 1 is 1.33 bits per heavy atom. The predicted molar refractivity (Wildman–Crippen MR) is 58.1 cm³/mol. The molecule has 0 bridgehead atoms. The van der Waals surface area contributed by atoms with Gasteiger partial charge < -0.3 is 4.74 Å². The summed E-state index contributed by atoms with van der Waals surface area (Å²) in [5.74, 6) is -0.0885. The summed E-state index contributed by atoms with van der Waals surface area (Å²) in [5, 5.41) is 0. The third kappa shape index (κ3) is 3.74. The van der Waals surface area contributed by atoms with Crippen LogP contribution in [0.25, 0.3) is 0 Å². The lowest BCUT2D eigenvalue weighted by Gasteiger charge is -2.08. The van der Waals surface area contributed by atoms with Crippen LogP contribution in [0.1, 0.15) is 5.56 Å². The molecule has 0 unspecified atom stereocenters. The fraction of sp³-hybridized carbons (Fsp3) is 0.222. The molecule has 6 heteroatoms. The third-order valence-corrected chi connectivity index (χ3v) is 2.97. The van der Waals surface area contributed by atoms with Crippen molar-refractivity contribution in [2.24, 2.45) is 0 Å². The molecule has 1 aromatic rings. The van der Waals surface area contributed by atoms with E-state index in [0.29, 0.717) is 10.0 Å². The van der Waals surface area contributed by atoms with Gasteiger partial charge in [-0.3, -0.25) is 0 Å². The Hall–Kier alpha value is -0.710. The minimum absolute atomic E-state index is 0.246. The van der Waals surface area contributed by atoms with E-state index in [1.54, 1.807) is 13.0 Å². The second-order valence-electron chi connectivity index (χ2n) is 2.40. The Balaban J connectivity index is 0.000000583. The van der Waals surface area contributed by atoms with Gasteiger partial charge in [0.2, 0.25) is 0 Å². The predicted octanol–water partition coefficient (Wildman–Crippen LogP) is 3.08. The van der Waals surface area contributed by atoms with E-state index in [-0.39, 0.29) is 17.7 Å². The molecule has 0 aliphatic carbocycles. The summed E-state index contributed by atoms with van der Waals surface area (Å²) in [4.78, 5) is 16.2. The zero-order chi connectivity index (χ0) is 12.0. The number of hydrogen-bond donors (Lipinski definition) is 0. The normalized spacial score (nSPS) is 8.60. The van der Waals surface area contributed by atoms with Gasteiger partial charge in [-0.25, -0.2) is 4.39 Å². The van der Waals surface area contributed by atoms with Crippen molar-refractivity contribution in [2.45, 2.75) is 6.92 Å². The van der Waals surface area contributed by atoms with Crippen molar-refractivity contribution in [3.63, 3.8) is 0 Å². The first-order valence-corrected chi connectivity index (χ1v) is 5.25. The quantitative estimate of drug-likeness (QED) is 0.788. The van der Waals surface area contributed by atoms with Crippen molar-refractivity contribution in [1.82, 2.24) is 0 Å². The topological polar surface area (TPSA) is 43.4 Å². The second-order valence-corrected chi connectivity index (χ2v) is 4.10. The number of halogens is 3. The molecule has 0 amide bonds. The van der Waals surface area contributed by atoms with Crippen LogP contribution in [0.15, 0.2) is 15.0 Å². The van der Waals surface area contributed by atoms with E-state index >= 15 is 0 Å². The Morgan fingerprint density at radius 2 is 1.80 bits per heavy atom. The molecule has 0 atom stereocenters. The number of methoxy groups -OCH3 is 1. The molecule has 0 heterocycles. The van der Waals surface area contributed by atoms with Gasteiger partial charge in [-0.1, -0.05) is 15.9 Å². The zero-order valence-electron chi connectivity index (χ0n) is 7.94. The Bertz CT molecular complexity index is 387. The van der Waals surface area contributed by atoms with E-state index in [1.807, 2.05) is 0 Å². The van der Waals surface area contributed by atoms with Crippen LogP contribution in [0, 0.1) is 12.7 Å². The maximum Gasteiger partial charge on any atom is 0.373 e. The molecular weight excluding hydrogens is 335 g/mol. The maximum absolute atomic E-state index is 13.3. The molecule has 0 spiro atoms.